The first kappa shape index (κ1) is 12.8. The van der Waals surface area contributed by atoms with Crippen LogP contribution in [0.1, 0.15) is 11.1 Å². The standard InChI is InChI=1S/C16H20N2/c17-16(11-14-7-3-1-4-8-14)13-18-12-15-9-5-2-6-10-15/h1-10,16,18H,11-13,17H2. The van der Waals surface area contributed by atoms with Crippen LogP contribution in [0.25, 0.3) is 0 Å². The zero-order valence-corrected chi connectivity index (χ0v) is 10.5. The molecule has 2 heteroatoms. The molecule has 1 atom stereocenters. The van der Waals surface area contributed by atoms with E-state index in [1.165, 1.54) is 11.1 Å². The molecule has 0 amide bonds. The van der Waals surface area contributed by atoms with E-state index < -0.39 is 0 Å². The van der Waals surface area contributed by atoms with Gasteiger partial charge in [-0.3, -0.25) is 0 Å². The Morgan fingerprint density at radius 3 is 2.00 bits per heavy atom. The van der Waals surface area contributed by atoms with E-state index in [2.05, 4.69) is 53.8 Å². The molecule has 0 radical (unpaired) electrons. The predicted molar refractivity (Wildman–Crippen MR) is 76.3 cm³/mol. The van der Waals surface area contributed by atoms with E-state index in [1.807, 2.05) is 12.1 Å². The topological polar surface area (TPSA) is 38.0 Å². The lowest BCUT2D eigenvalue weighted by Gasteiger charge is -2.12. The van der Waals surface area contributed by atoms with E-state index in [1.54, 1.807) is 0 Å². The molecule has 94 valence electrons. The Morgan fingerprint density at radius 2 is 1.39 bits per heavy atom. The minimum Gasteiger partial charge on any atom is -0.326 e. The van der Waals surface area contributed by atoms with Crippen LogP contribution in [0.5, 0.6) is 0 Å². The Morgan fingerprint density at radius 1 is 0.833 bits per heavy atom. The van der Waals surface area contributed by atoms with Gasteiger partial charge in [-0.05, 0) is 17.5 Å². The van der Waals surface area contributed by atoms with E-state index in [0.29, 0.717) is 0 Å². The molecule has 2 aromatic rings. The predicted octanol–water partition coefficient (Wildman–Crippen LogP) is 2.35. The first-order valence-corrected chi connectivity index (χ1v) is 6.39. The van der Waals surface area contributed by atoms with Gasteiger partial charge in [0, 0.05) is 19.1 Å². The van der Waals surface area contributed by atoms with Gasteiger partial charge in [-0.25, -0.2) is 0 Å². The molecule has 0 aliphatic heterocycles. The molecule has 0 heterocycles. The number of hydrogen-bond donors (Lipinski definition) is 2. The van der Waals surface area contributed by atoms with Crippen molar-refractivity contribution in [2.75, 3.05) is 6.54 Å². The number of rotatable bonds is 6. The molecule has 3 N–H and O–H groups in total. The van der Waals surface area contributed by atoms with Crippen LogP contribution < -0.4 is 11.1 Å². The minimum atomic E-state index is 0.163. The molecule has 0 aliphatic rings. The molecule has 0 spiro atoms. The molecule has 2 nitrogen and oxygen atoms in total. The smallest absolute Gasteiger partial charge is 0.0206 e. The third-order valence-corrected chi connectivity index (χ3v) is 2.92. The fourth-order valence-corrected chi connectivity index (χ4v) is 1.99. The zero-order valence-electron chi connectivity index (χ0n) is 10.5. The third-order valence-electron chi connectivity index (χ3n) is 2.92. The molecule has 0 saturated carbocycles. The largest absolute Gasteiger partial charge is 0.326 e. The van der Waals surface area contributed by atoms with Crippen molar-refractivity contribution >= 4 is 0 Å². The third kappa shape index (κ3) is 4.32. The highest BCUT2D eigenvalue weighted by Crippen LogP contribution is 2.02. The fourth-order valence-electron chi connectivity index (χ4n) is 1.99. The number of nitrogens with one attached hydrogen (secondary N) is 1. The van der Waals surface area contributed by atoms with E-state index >= 15 is 0 Å². The fraction of sp³-hybridized carbons (Fsp3) is 0.250. The first-order chi connectivity index (χ1) is 8.84. The Kier molecular flexibility index (Phi) is 4.94. The second kappa shape index (κ2) is 6.94. The molecule has 0 bridgehead atoms. The van der Waals surface area contributed by atoms with Crippen molar-refractivity contribution in [2.45, 2.75) is 19.0 Å². The molecular formula is C16H20N2. The monoisotopic (exact) mass is 240 g/mol. The average molecular weight is 240 g/mol. The quantitative estimate of drug-likeness (QED) is 0.813. The summed E-state index contributed by atoms with van der Waals surface area (Å²) in [7, 11) is 0. The van der Waals surface area contributed by atoms with Gasteiger partial charge < -0.3 is 11.1 Å². The maximum atomic E-state index is 6.11. The second-order valence-corrected chi connectivity index (χ2v) is 4.57. The summed E-state index contributed by atoms with van der Waals surface area (Å²) in [6.45, 7) is 1.72. The van der Waals surface area contributed by atoms with Crippen molar-refractivity contribution in [3.8, 4) is 0 Å². The molecule has 2 rings (SSSR count). The molecule has 0 aliphatic carbocycles. The van der Waals surface area contributed by atoms with Crippen LogP contribution in [0.2, 0.25) is 0 Å². The summed E-state index contributed by atoms with van der Waals surface area (Å²) in [6.07, 6.45) is 0.919. The van der Waals surface area contributed by atoms with Gasteiger partial charge in [0.05, 0.1) is 0 Å². The van der Waals surface area contributed by atoms with Gasteiger partial charge in [0.25, 0.3) is 0 Å². The average Bonchev–Trinajstić information content (AvgIpc) is 2.41. The lowest BCUT2D eigenvalue weighted by atomic mass is 10.1. The van der Waals surface area contributed by atoms with Crippen molar-refractivity contribution in [2.24, 2.45) is 5.73 Å². The second-order valence-electron chi connectivity index (χ2n) is 4.57. The highest BCUT2D eigenvalue weighted by Gasteiger charge is 2.03. The van der Waals surface area contributed by atoms with Gasteiger partial charge in [-0.15, -0.1) is 0 Å². The molecule has 0 fully saturated rings. The van der Waals surface area contributed by atoms with Gasteiger partial charge in [0.2, 0.25) is 0 Å². The van der Waals surface area contributed by atoms with Crippen LogP contribution in [-0.4, -0.2) is 12.6 Å². The van der Waals surface area contributed by atoms with Gasteiger partial charge in [-0.2, -0.15) is 0 Å². The molecule has 1 unspecified atom stereocenters. The van der Waals surface area contributed by atoms with Crippen LogP contribution in [0.15, 0.2) is 60.7 Å². The molecule has 18 heavy (non-hydrogen) atoms. The Bertz CT molecular complexity index is 439. The molecule has 0 aromatic heterocycles. The maximum Gasteiger partial charge on any atom is 0.0206 e. The van der Waals surface area contributed by atoms with Gasteiger partial charge >= 0.3 is 0 Å². The summed E-state index contributed by atoms with van der Waals surface area (Å²) < 4.78 is 0. The SMILES string of the molecule is NC(CNCc1ccccc1)Cc1ccccc1. The van der Waals surface area contributed by atoms with Crippen LogP contribution in [0, 0.1) is 0 Å². The van der Waals surface area contributed by atoms with Crippen LogP contribution in [0.3, 0.4) is 0 Å². The van der Waals surface area contributed by atoms with E-state index in [9.17, 15) is 0 Å². The van der Waals surface area contributed by atoms with E-state index in [0.717, 1.165) is 19.5 Å². The zero-order chi connectivity index (χ0) is 12.6. The summed E-state index contributed by atoms with van der Waals surface area (Å²) in [5.41, 5.74) is 8.70. The summed E-state index contributed by atoms with van der Waals surface area (Å²) in [6, 6.07) is 20.9. The van der Waals surface area contributed by atoms with Crippen molar-refractivity contribution in [1.29, 1.82) is 0 Å². The molecule has 2 aromatic carbocycles. The van der Waals surface area contributed by atoms with Gasteiger partial charge in [0.1, 0.15) is 0 Å². The van der Waals surface area contributed by atoms with Crippen molar-refractivity contribution in [3.05, 3.63) is 71.8 Å². The Hall–Kier alpha value is -1.64. The summed E-state index contributed by atoms with van der Waals surface area (Å²) in [4.78, 5) is 0. The van der Waals surface area contributed by atoms with E-state index in [4.69, 9.17) is 5.73 Å². The lowest BCUT2D eigenvalue weighted by molar-refractivity contribution is 0.573. The van der Waals surface area contributed by atoms with Crippen LogP contribution in [0.4, 0.5) is 0 Å². The summed E-state index contributed by atoms with van der Waals surface area (Å²) in [5, 5.41) is 3.40. The van der Waals surface area contributed by atoms with Crippen molar-refractivity contribution in [3.63, 3.8) is 0 Å². The van der Waals surface area contributed by atoms with Gasteiger partial charge in [0.15, 0.2) is 0 Å². The summed E-state index contributed by atoms with van der Waals surface area (Å²) >= 11 is 0. The van der Waals surface area contributed by atoms with Gasteiger partial charge in [-0.1, -0.05) is 60.7 Å². The highest BCUT2D eigenvalue weighted by atomic mass is 14.9. The van der Waals surface area contributed by atoms with Crippen LogP contribution >= 0.6 is 0 Å². The normalized spacial score (nSPS) is 12.3. The minimum absolute atomic E-state index is 0.163. The van der Waals surface area contributed by atoms with Crippen molar-refractivity contribution < 1.29 is 0 Å². The lowest BCUT2D eigenvalue weighted by Crippen LogP contribution is -2.35. The molecular weight excluding hydrogens is 220 g/mol. The Labute approximate surface area is 109 Å². The maximum absolute atomic E-state index is 6.11. The van der Waals surface area contributed by atoms with E-state index in [-0.39, 0.29) is 6.04 Å². The number of hydrogen-bond acceptors (Lipinski definition) is 2. The Balaban J connectivity index is 1.71. The van der Waals surface area contributed by atoms with Crippen LogP contribution in [-0.2, 0) is 13.0 Å². The summed E-state index contributed by atoms with van der Waals surface area (Å²) in [5.74, 6) is 0. The number of nitrogens with two attached hydrogens (primary N) is 1. The number of benzene rings is 2. The first-order valence-electron chi connectivity index (χ1n) is 6.39. The highest BCUT2D eigenvalue weighted by molar-refractivity contribution is 5.16. The molecule has 0 saturated heterocycles. The van der Waals surface area contributed by atoms with Crippen molar-refractivity contribution in [1.82, 2.24) is 5.32 Å².